The summed E-state index contributed by atoms with van der Waals surface area (Å²) < 4.78 is 0. The van der Waals surface area contributed by atoms with E-state index in [4.69, 9.17) is 5.26 Å². The summed E-state index contributed by atoms with van der Waals surface area (Å²) in [7, 11) is 0. The molecule has 1 saturated carbocycles. The smallest absolute Gasteiger partial charge is 0.312 e. The minimum Gasteiger partial charge on any atom is -0.388 e. The van der Waals surface area contributed by atoms with Gasteiger partial charge in [0.1, 0.15) is 6.07 Å². The number of aliphatic hydroxyl groups is 1. The molecule has 1 fully saturated rings. The Kier molecular flexibility index (Phi) is 4.38. The first-order valence-electron chi connectivity index (χ1n) is 6.94. The van der Waals surface area contributed by atoms with Crippen molar-refractivity contribution in [2.24, 2.45) is 5.92 Å². The Balaban J connectivity index is 2.13. The van der Waals surface area contributed by atoms with Gasteiger partial charge in [0.25, 0.3) is 0 Å². The lowest BCUT2D eigenvalue weighted by Gasteiger charge is -2.35. The number of hydrogen-bond donors (Lipinski definition) is 2. The van der Waals surface area contributed by atoms with Crippen LogP contribution in [0.4, 0.5) is 11.5 Å². The molecule has 7 heteroatoms. The molecule has 7 nitrogen and oxygen atoms in total. The van der Waals surface area contributed by atoms with E-state index in [0.29, 0.717) is 18.8 Å². The predicted octanol–water partition coefficient (Wildman–Crippen LogP) is 2.21. The molecule has 112 valence electrons. The molecule has 2 N–H and O–H groups in total. The van der Waals surface area contributed by atoms with Crippen LogP contribution in [0.2, 0.25) is 0 Å². The number of rotatable bonds is 4. The highest BCUT2D eigenvalue weighted by Crippen LogP contribution is 2.33. The number of hydrogen-bond acceptors (Lipinski definition) is 6. The SMILES string of the molecule is CC1CCCC(O)(CNc2ncc(C#N)cc2[N+](=O)[O-])C1. The largest absolute Gasteiger partial charge is 0.388 e. The summed E-state index contributed by atoms with van der Waals surface area (Å²) in [5, 5.41) is 33.2. The number of nitro groups is 1. The van der Waals surface area contributed by atoms with Gasteiger partial charge in [-0.2, -0.15) is 5.26 Å². The van der Waals surface area contributed by atoms with E-state index in [1.54, 1.807) is 0 Å². The number of anilines is 1. The van der Waals surface area contributed by atoms with Gasteiger partial charge in [-0.15, -0.1) is 0 Å². The molecule has 0 spiro atoms. The van der Waals surface area contributed by atoms with Crippen molar-refractivity contribution in [1.82, 2.24) is 4.98 Å². The van der Waals surface area contributed by atoms with E-state index in [1.165, 1.54) is 12.3 Å². The molecular weight excluding hydrogens is 272 g/mol. The lowest BCUT2D eigenvalue weighted by atomic mass is 9.79. The topological polar surface area (TPSA) is 112 Å². The molecule has 0 aliphatic heterocycles. The van der Waals surface area contributed by atoms with Crippen molar-refractivity contribution >= 4 is 11.5 Å². The molecule has 21 heavy (non-hydrogen) atoms. The van der Waals surface area contributed by atoms with E-state index >= 15 is 0 Å². The average Bonchev–Trinajstić information content (AvgIpc) is 2.44. The van der Waals surface area contributed by atoms with Crippen LogP contribution in [-0.4, -0.2) is 27.2 Å². The first-order valence-corrected chi connectivity index (χ1v) is 6.94. The van der Waals surface area contributed by atoms with Crippen molar-refractivity contribution in [2.75, 3.05) is 11.9 Å². The minimum atomic E-state index is -0.860. The first kappa shape index (κ1) is 15.2. The third-order valence-electron chi connectivity index (χ3n) is 3.85. The summed E-state index contributed by atoms with van der Waals surface area (Å²) >= 11 is 0. The number of aromatic nitrogens is 1. The normalized spacial score (nSPS) is 25.1. The molecule has 2 rings (SSSR count). The Morgan fingerprint density at radius 2 is 2.48 bits per heavy atom. The third-order valence-corrected chi connectivity index (χ3v) is 3.85. The molecule has 0 saturated heterocycles. The van der Waals surface area contributed by atoms with Crippen molar-refractivity contribution < 1.29 is 10.0 Å². The van der Waals surface area contributed by atoms with E-state index in [1.807, 2.05) is 6.07 Å². The Morgan fingerprint density at radius 1 is 1.71 bits per heavy atom. The second-order valence-corrected chi connectivity index (χ2v) is 5.74. The fourth-order valence-electron chi connectivity index (χ4n) is 2.83. The van der Waals surface area contributed by atoms with E-state index in [2.05, 4.69) is 17.2 Å². The lowest BCUT2D eigenvalue weighted by Crippen LogP contribution is -2.41. The van der Waals surface area contributed by atoms with Gasteiger partial charge in [-0.25, -0.2) is 4.98 Å². The number of pyridine rings is 1. The molecule has 2 atom stereocenters. The zero-order valence-corrected chi connectivity index (χ0v) is 11.9. The first-order chi connectivity index (χ1) is 9.93. The van der Waals surface area contributed by atoms with Crippen molar-refractivity contribution in [3.8, 4) is 6.07 Å². The zero-order valence-electron chi connectivity index (χ0n) is 11.9. The Morgan fingerprint density at radius 3 is 3.10 bits per heavy atom. The van der Waals surface area contributed by atoms with Crippen LogP contribution in [0, 0.1) is 27.4 Å². The number of nitrogens with zero attached hydrogens (tertiary/aromatic N) is 3. The molecule has 2 unspecified atom stereocenters. The van der Waals surface area contributed by atoms with Gasteiger partial charge in [0.05, 0.1) is 16.1 Å². The van der Waals surface area contributed by atoms with Crippen LogP contribution in [-0.2, 0) is 0 Å². The van der Waals surface area contributed by atoms with Crippen LogP contribution < -0.4 is 5.32 Å². The van der Waals surface area contributed by atoms with Crippen molar-refractivity contribution in [3.05, 3.63) is 27.9 Å². The summed E-state index contributed by atoms with van der Waals surface area (Å²) in [5.74, 6) is 0.528. The molecule has 1 aliphatic carbocycles. The van der Waals surface area contributed by atoms with Crippen LogP contribution in [0.1, 0.15) is 38.2 Å². The van der Waals surface area contributed by atoms with E-state index in [9.17, 15) is 15.2 Å². The van der Waals surface area contributed by atoms with E-state index in [-0.39, 0.29) is 23.6 Å². The Bertz CT molecular complexity index is 584. The second-order valence-electron chi connectivity index (χ2n) is 5.74. The molecular formula is C14H18N4O3. The quantitative estimate of drug-likeness (QED) is 0.649. The third kappa shape index (κ3) is 3.67. The highest BCUT2D eigenvalue weighted by molar-refractivity contribution is 5.58. The fourth-order valence-corrected chi connectivity index (χ4v) is 2.83. The van der Waals surface area contributed by atoms with Gasteiger partial charge >= 0.3 is 5.69 Å². The van der Waals surface area contributed by atoms with Crippen LogP contribution in [0.3, 0.4) is 0 Å². The molecule has 0 aromatic carbocycles. The van der Waals surface area contributed by atoms with Gasteiger partial charge in [-0.05, 0) is 18.8 Å². The standard InChI is InChI=1S/C14H18N4O3/c1-10-3-2-4-14(19,6-10)9-17-13-12(18(20)21)5-11(7-15)8-16-13/h5,8,10,19H,2-4,6,9H2,1H3,(H,16,17). The number of nitrogens with one attached hydrogen (secondary N) is 1. The molecule has 0 amide bonds. The minimum absolute atomic E-state index is 0.0886. The van der Waals surface area contributed by atoms with Gasteiger partial charge in [0, 0.05) is 18.8 Å². The second kappa shape index (κ2) is 6.06. The summed E-state index contributed by atoms with van der Waals surface area (Å²) in [6.45, 7) is 2.31. The summed E-state index contributed by atoms with van der Waals surface area (Å²) in [5.41, 5.74) is -0.972. The lowest BCUT2D eigenvalue weighted by molar-refractivity contribution is -0.384. The van der Waals surface area contributed by atoms with Crippen LogP contribution in [0.5, 0.6) is 0 Å². The zero-order chi connectivity index (χ0) is 15.5. The Labute approximate surface area is 122 Å². The average molecular weight is 290 g/mol. The maximum Gasteiger partial charge on any atom is 0.312 e. The predicted molar refractivity (Wildman–Crippen MR) is 76.7 cm³/mol. The van der Waals surface area contributed by atoms with Crippen LogP contribution >= 0.6 is 0 Å². The molecule has 0 radical (unpaired) electrons. The van der Waals surface area contributed by atoms with Crippen LogP contribution in [0.25, 0.3) is 0 Å². The molecule has 0 bridgehead atoms. The highest BCUT2D eigenvalue weighted by atomic mass is 16.6. The highest BCUT2D eigenvalue weighted by Gasteiger charge is 2.33. The van der Waals surface area contributed by atoms with Crippen molar-refractivity contribution in [3.63, 3.8) is 0 Å². The summed E-state index contributed by atoms with van der Waals surface area (Å²) in [6.07, 6.45) is 4.67. The van der Waals surface area contributed by atoms with Gasteiger partial charge in [-0.1, -0.05) is 19.8 Å². The van der Waals surface area contributed by atoms with E-state index < -0.39 is 10.5 Å². The van der Waals surface area contributed by atoms with Gasteiger partial charge in [0.2, 0.25) is 5.82 Å². The Hall–Kier alpha value is -2.20. The van der Waals surface area contributed by atoms with Gasteiger partial charge in [-0.3, -0.25) is 10.1 Å². The number of nitriles is 1. The van der Waals surface area contributed by atoms with Crippen molar-refractivity contribution in [2.45, 2.75) is 38.2 Å². The molecule has 1 aliphatic rings. The maximum atomic E-state index is 11.0. The van der Waals surface area contributed by atoms with Gasteiger partial charge < -0.3 is 10.4 Å². The van der Waals surface area contributed by atoms with Crippen LogP contribution in [0.15, 0.2) is 12.3 Å². The summed E-state index contributed by atoms with van der Waals surface area (Å²) in [4.78, 5) is 14.4. The maximum absolute atomic E-state index is 11.0. The monoisotopic (exact) mass is 290 g/mol. The van der Waals surface area contributed by atoms with E-state index in [0.717, 1.165) is 12.8 Å². The molecule has 1 heterocycles. The van der Waals surface area contributed by atoms with Gasteiger partial charge in [0.15, 0.2) is 0 Å². The molecule has 1 aromatic rings. The summed E-state index contributed by atoms with van der Waals surface area (Å²) in [6, 6.07) is 3.01. The molecule has 1 aromatic heterocycles. The fraction of sp³-hybridized carbons (Fsp3) is 0.571. The van der Waals surface area contributed by atoms with Crippen molar-refractivity contribution in [1.29, 1.82) is 5.26 Å².